The Bertz CT molecular complexity index is 1480. The van der Waals surface area contributed by atoms with Crippen molar-refractivity contribution in [1.82, 2.24) is 19.6 Å². The molecule has 2 amide bonds. The van der Waals surface area contributed by atoms with Crippen molar-refractivity contribution in [3.63, 3.8) is 0 Å². The van der Waals surface area contributed by atoms with Crippen molar-refractivity contribution in [3.05, 3.63) is 58.8 Å². The van der Waals surface area contributed by atoms with Gasteiger partial charge in [-0.25, -0.2) is 9.78 Å². The van der Waals surface area contributed by atoms with E-state index in [0.717, 1.165) is 22.4 Å². The zero-order valence-corrected chi connectivity index (χ0v) is 21.0. The second-order valence-corrected chi connectivity index (χ2v) is 10.2. The Labute approximate surface area is 217 Å². The van der Waals surface area contributed by atoms with Crippen LogP contribution >= 0.6 is 23.1 Å². The van der Waals surface area contributed by atoms with Crippen LogP contribution in [0.2, 0.25) is 0 Å². The number of aliphatic hydroxyl groups is 1. The number of rotatable bonds is 8. The zero-order chi connectivity index (χ0) is 26.3. The monoisotopic (exact) mass is 544 g/mol. The number of anilines is 1. The molecule has 1 fully saturated rings. The highest BCUT2D eigenvalue weighted by Crippen LogP contribution is 2.40. The number of carboxylic acids is 1. The van der Waals surface area contributed by atoms with Crippen molar-refractivity contribution in [2.45, 2.75) is 24.6 Å². The molecule has 0 bridgehead atoms. The number of aliphatic hydroxyl groups excluding tert-OH is 1. The summed E-state index contributed by atoms with van der Waals surface area (Å²) < 4.78 is 3.66. The average Bonchev–Trinajstić information content (AvgIpc) is 3.50. The fraction of sp³-hybridized carbons (Fsp3) is 0.273. The Balaban J connectivity index is 1.36. The predicted molar refractivity (Wildman–Crippen MR) is 133 cm³/mol. The lowest BCUT2D eigenvalue weighted by molar-refractivity contribution is -0.688. The van der Waals surface area contributed by atoms with Gasteiger partial charge in [-0.05, 0) is 6.07 Å². The summed E-state index contributed by atoms with van der Waals surface area (Å²) in [5, 5.41) is 27.1. The summed E-state index contributed by atoms with van der Waals surface area (Å²) in [5.74, 6) is -2.10. The molecule has 3 aromatic heterocycles. The van der Waals surface area contributed by atoms with Crippen molar-refractivity contribution in [2.75, 3.05) is 18.6 Å². The highest BCUT2D eigenvalue weighted by Gasteiger charge is 2.54. The molecule has 1 saturated heterocycles. The molecule has 5 N–H and O–H groups in total. The third kappa shape index (κ3) is 4.41. The van der Waals surface area contributed by atoms with Gasteiger partial charge in [-0.2, -0.15) is 4.57 Å². The molecule has 5 rings (SSSR count). The quantitative estimate of drug-likeness (QED) is 0.127. The van der Waals surface area contributed by atoms with E-state index in [1.807, 2.05) is 33.6 Å². The van der Waals surface area contributed by atoms with Crippen molar-refractivity contribution < 1.29 is 34.0 Å². The van der Waals surface area contributed by atoms with Crippen LogP contribution < -0.4 is 15.6 Å². The van der Waals surface area contributed by atoms with Gasteiger partial charge < -0.3 is 30.5 Å². The van der Waals surface area contributed by atoms with Crippen LogP contribution in [0.5, 0.6) is 0 Å². The van der Waals surface area contributed by atoms with Gasteiger partial charge in [0.25, 0.3) is 11.8 Å². The maximum Gasteiger partial charge on any atom is 0.352 e. The van der Waals surface area contributed by atoms with Crippen LogP contribution in [0.15, 0.2) is 52.7 Å². The molecule has 37 heavy (non-hydrogen) atoms. The topological polar surface area (TPSA) is 176 Å². The van der Waals surface area contributed by atoms with Crippen LogP contribution in [0, 0.1) is 0 Å². The first-order valence-electron chi connectivity index (χ1n) is 10.9. The lowest BCUT2D eigenvalue weighted by Crippen LogP contribution is -2.71. The summed E-state index contributed by atoms with van der Waals surface area (Å²) in [7, 11) is 1.28. The number of amides is 2. The minimum absolute atomic E-state index is 0.0950. The van der Waals surface area contributed by atoms with Crippen LogP contribution in [0.3, 0.4) is 0 Å². The van der Waals surface area contributed by atoms with E-state index in [-0.39, 0.29) is 35.4 Å². The fourth-order valence-electron chi connectivity index (χ4n) is 4.30. The van der Waals surface area contributed by atoms with Crippen molar-refractivity contribution in [1.29, 1.82) is 0 Å². The molecule has 0 aliphatic carbocycles. The van der Waals surface area contributed by atoms with Crippen molar-refractivity contribution in [3.8, 4) is 0 Å². The summed E-state index contributed by atoms with van der Waals surface area (Å²) in [6, 6.07) is 0.866. The number of hydrogen-bond acceptors (Lipinski definition) is 10. The van der Waals surface area contributed by atoms with Gasteiger partial charge in [0.2, 0.25) is 0 Å². The summed E-state index contributed by atoms with van der Waals surface area (Å²) in [6.45, 7) is 0.119. The molecule has 2 aliphatic heterocycles. The van der Waals surface area contributed by atoms with Gasteiger partial charge in [0.05, 0.1) is 12.8 Å². The summed E-state index contributed by atoms with van der Waals surface area (Å²) in [6.07, 6.45) is 7.25. The molecule has 15 heteroatoms. The maximum absolute atomic E-state index is 13.0. The van der Waals surface area contributed by atoms with Crippen LogP contribution in [0.25, 0.3) is 5.52 Å². The lowest BCUT2D eigenvalue weighted by atomic mass is 10.0. The average molecular weight is 545 g/mol. The molecular weight excluding hydrogens is 522 g/mol. The number of nitrogens with one attached hydrogen (secondary N) is 1. The normalized spacial score (nSPS) is 19.6. The number of aromatic nitrogens is 3. The predicted octanol–water partition coefficient (Wildman–Crippen LogP) is -0.453. The number of fused-ring (bicyclic) bond motifs is 2. The van der Waals surface area contributed by atoms with Crippen LogP contribution in [-0.4, -0.2) is 72.3 Å². The van der Waals surface area contributed by atoms with Gasteiger partial charge in [0.1, 0.15) is 35.4 Å². The van der Waals surface area contributed by atoms with Gasteiger partial charge in [0, 0.05) is 28.5 Å². The fourth-order valence-corrected chi connectivity index (χ4v) is 6.18. The number of oxime groups is 1. The standard InChI is InChI=1S/C22H21N7O6S2/c1-35-26-15(13-10-37-22(23)24-13)18(31)25-16-19(32)29-17(21(33)34)12(9-36-20(16)29)6-27-4-5-28-3-2-11(8-30)14(28)7-27/h2-5,7,10,16,20,30H,6,8-9H2,1H3,(H3-,23,24,25,31,33,34)/p+1/b26-15-/t16-,20+/m1/s1. The van der Waals surface area contributed by atoms with Gasteiger partial charge in [0.15, 0.2) is 29.8 Å². The number of thiazole rings is 1. The molecule has 0 radical (unpaired) electrons. The Hall–Kier alpha value is -3.95. The van der Waals surface area contributed by atoms with Crippen molar-refractivity contribution in [2.24, 2.45) is 5.16 Å². The van der Waals surface area contributed by atoms with E-state index in [0.29, 0.717) is 11.3 Å². The number of hydrogen-bond donors (Lipinski definition) is 4. The molecule has 0 unspecified atom stereocenters. The molecule has 2 aliphatic rings. The molecule has 0 saturated carbocycles. The van der Waals surface area contributed by atoms with E-state index in [2.05, 4.69) is 15.5 Å². The zero-order valence-electron chi connectivity index (χ0n) is 19.4. The molecule has 0 spiro atoms. The van der Waals surface area contributed by atoms with Crippen LogP contribution in [-0.2, 0) is 32.4 Å². The maximum atomic E-state index is 13.0. The molecule has 2 atom stereocenters. The first kappa shape index (κ1) is 24.7. The van der Waals surface area contributed by atoms with E-state index >= 15 is 0 Å². The number of aliphatic carboxylic acids is 1. The van der Waals surface area contributed by atoms with Gasteiger partial charge in [-0.15, -0.1) is 23.1 Å². The second-order valence-electron chi connectivity index (χ2n) is 8.20. The molecule has 0 aromatic carbocycles. The van der Waals surface area contributed by atoms with Gasteiger partial charge in [-0.1, -0.05) is 5.16 Å². The Kier molecular flexibility index (Phi) is 6.57. The first-order valence-corrected chi connectivity index (χ1v) is 12.9. The van der Waals surface area contributed by atoms with E-state index in [1.165, 1.54) is 23.8 Å². The van der Waals surface area contributed by atoms with Gasteiger partial charge in [-0.3, -0.25) is 14.5 Å². The van der Waals surface area contributed by atoms with E-state index in [9.17, 15) is 24.6 Å². The number of nitrogens with two attached hydrogens (primary N) is 1. The molecule has 3 aromatic rings. The Morgan fingerprint density at radius 1 is 1.41 bits per heavy atom. The lowest BCUT2D eigenvalue weighted by Gasteiger charge is -2.49. The molecular formula is C22H22N7O6S2+. The molecule has 5 heterocycles. The first-order chi connectivity index (χ1) is 17.8. The van der Waals surface area contributed by atoms with E-state index in [1.54, 1.807) is 11.6 Å². The van der Waals surface area contributed by atoms with Crippen molar-refractivity contribution >= 4 is 57.2 Å². The van der Waals surface area contributed by atoms with E-state index < -0.39 is 29.2 Å². The number of thioether (sulfide) groups is 1. The third-order valence-electron chi connectivity index (χ3n) is 5.99. The Morgan fingerprint density at radius 2 is 2.22 bits per heavy atom. The number of carbonyl (C=O) groups excluding carboxylic acids is 2. The number of nitrogen functional groups attached to an aromatic ring is 1. The molecule has 192 valence electrons. The number of carboxylic acid groups (broad SMARTS) is 1. The SMILES string of the molecule is CO/N=C(\C(=O)N[C@@H]1C(=O)N2C(C(=O)O)=C(C[n+]3ccn4ccc(CO)c4c3)CS[C@@H]12)c1csc(N)n1. The minimum Gasteiger partial charge on any atom is -0.477 e. The van der Waals surface area contributed by atoms with Crippen LogP contribution in [0.4, 0.5) is 5.13 Å². The summed E-state index contributed by atoms with van der Waals surface area (Å²) in [5.41, 5.74) is 7.71. The highest BCUT2D eigenvalue weighted by atomic mass is 32.2. The number of carbonyl (C=O) groups is 3. The molecule has 13 nitrogen and oxygen atoms in total. The second kappa shape index (κ2) is 9.84. The smallest absolute Gasteiger partial charge is 0.352 e. The van der Waals surface area contributed by atoms with E-state index in [4.69, 9.17) is 10.6 Å². The largest absolute Gasteiger partial charge is 0.477 e. The highest BCUT2D eigenvalue weighted by molar-refractivity contribution is 8.00. The van der Waals surface area contributed by atoms with Gasteiger partial charge >= 0.3 is 5.97 Å². The third-order valence-corrected chi connectivity index (χ3v) is 8.01. The summed E-state index contributed by atoms with van der Waals surface area (Å²) in [4.78, 5) is 48.2. The summed E-state index contributed by atoms with van der Waals surface area (Å²) >= 11 is 2.48. The minimum atomic E-state index is -1.22. The number of nitrogens with zero attached hydrogens (tertiary/aromatic N) is 5. The Morgan fingerprint density at radius 3 is 2.89 bits per heavy atom. The number of β-lactam (4-membered cyclic amide) rings is 1. The van der Waals surface area contributed by atoms with Crippen LogP contribution in [0.1, 0.15) is 11.3 Å².